The first kappa shape index (κ1) is 12.7. The van der Waals surface area contributed by atoms with Crippen molar-refractivity contribution in [3.63, 3.8) is 0 Å². The fraction of sp³-hybridized carbons (Fsp3) is 0.235. The molecule has 0 saturated carbocycles. The molecule has 0 amide bonds. The second kappa shape index (κ2) is 5.37. The van der Waals surface area contributed by atoms with Crippen LogP contribution in [0, 0.1) is 0 Å². The van der Waals surface area contributed by atoms with Gasteiger partial charge in [-0.15, -0.1) is 11.3 Å². The highest BCUT2D eigenvalue weighted by atomic mass is 32.1. The Labute approximate surface area is 127 Å². The molecule has 0 atom stereocenters. The van der Waals surface area contributed by atoms with Gasteiger partial charge in [0.15, 0.2) is 0 Å². The Hall–Kier alpha value is -2.07. The van der Waals surface area contributed by atoms with Crippen molar-refractivity contribution in [1.29, 1.82) is 0 Å². The first-order valence-electron chi connectivity index (χ1n) is 7.20. The fourth-order valence-corrected chi connectivity index (χ4v) is 3.43. The van der Waals surface area contributed by atoms with Crippen molar-refractivity contribution in [2.24, 2.45) is 0 Å². The van der Waals surface area contributed by atoms with Crippen LogP contribution in [0.25, 0.3) is 10.2 Å². The lowest BCUT2D eigenvalue weighted by atomic mass is 10.1. The van der Waals surface area contributed by atoms with E-state index in [-0.39, 0.29) is 0 Å². The van der Waals surface area contributed by atoms with Gasteiger partial charge in [0.05, 0.1) is 22.3 Å². The average Bonchev–Trinajstić information content (AvgIpc) is 3.14. The number of aromatic nitrogens is 1. The van der Waals surface area contributed by atoms with E-state index in [1.165, 1.54) is 15.8 Å². The van der Waals surface area contributed by atoms with E-state index in [1.54, 1.807) is 11.3 Å². The third-order valence-electron chi connectivity index (χ3n) is 3.83. The van der Waals surface area contributed by atoms with Crippen LogP contribution < -0.4 is 10.1 Å². The van der Waals surface area contributed by atoms with Crippen LogP contribution in [0.4, 0.5) is 5.69 Å². The number of thiazole rings is 1. The molecule has 2 aromatic carbocycles. The molecule has 1 N–H and O–H groups in total. The van der Waals surface area contributed by atoms with Gasteiger partial charge < -0.3 is 10.1 Å². The number of ether oxygens (including phenoxy) is 1. The number of rotatable bonds is 4. The number of hydrogen-bond donors (Lipinski definition) is 1. The normalized spacial score (nSPS) is 13.1. The van der Waals surface area contributed by atoms with Gasteiger partial charge in [-0.3, -0.25) is 0 Å². The number of nitrogens with zero attached hydrogens (tertiary/aromatic N) is 1. The van der Waals surface area contributed by atoms with E-state index >= 15 is 0 Å². The summed E-state index contributed by atoms with van der Waals surface area (Å²) in [5.41, 5.74) is 6.84. The molecule has 1 aliphatic heterocycles. The number of fused-ring (bicyclic) bond motifs is 2. The monoisotopic (exact) mass is 296 g/mol. The molecule has 2 heterocycles. The predicted molar refractivity (Wildman–Crippen MR) is 87.5 cm³/mol. The summed E-state index contributed by atoms with van der Waals surface area (Å²) >= 11 is 1.68. The van der Waals surface area contributed by atoms with E-state index in [2.05, 4.69) is 46.7 Å². The molecule has 0 aliphatic carbocycles. The first-order chi connectivity index (χ1) is 10.4. The van der Waals surface area contributed by atoms with Crippen LogP contribution in [-0.2, 0) is 12.8 Å². The molecule has 4 rings (SSSR count). The molecule has 21 heavy (non-hydrogen) atoms. The van der Waals surface area contributed by atoms with Crippen molar-refractivity contribution < 1.29 is 4.74 Å². The average molecular weight is 296 g/mol. The topological polar surface area (TPSA) is 34.2 Å². The maximum absolute atomic E-state index is 5.54. The molecule has 3 aromatic rings. The molecule has 0 radical (unpaired) electrons. The van der Waals surface area contributed by atoms with Crippen LogP contribution >= 0.6 is 11.3 Å². The summed E-state index contributed by atoms with van der Waals surface area (Å²) in [5, 5.41) is 3.49. The maximum Gasteiger partial charge on any atom is 0.122 e. The van der Waals surface area contributed by atoms with Gasteiger partial charge in [0.2, 0.25) is 0 Å². The van der Waals surface area contributed by atoms with Gasteiger partial charge in [-0.2, -0.15) is 0 Å². The Morgan fingerprint density at radius 1 is 1.19 bits per heavy atom. The molecule has 106 valence electrons. The highest BCUT2D eigenvalue weighted by Crippen LogP contribution is 2.26. The smallest absolute Gasteiger partial charge is 0.122 e. The maximum atomic E-state index is 5.54. The van der Waals surface area contributed by atoms with Crippen molar-refractivity contribution in [3.05, 3.63) is 53.0 Å². The standard InChI is InChI=1S/C17H16N2OS/c1-4-16-13(6-8-20-16)9-12(1)5-7-18-14-2-3-15-17(10-14)21-11-19-15/h1-4,9-11,18H,5-8H2. The summed E-state index contributed by atoms with van der Waals surface area (Å²) in [6, 6.07) is 12.9. The fourth-order valence-electron chi connectivity index (χ4n) is 2.71. The minimum atomic E-state index is 0.825. The highest BCUT2D eigenvalue weighted by molar-refractivity contribution is 7.16. The van der Waals surface area contributed by atoms with Crippen molar-refractivity contribution >= 4 is 27.2 Å². The summed E-state index contributed by atoms with van der Waals surface area (Å²) in [6.07, 6.45) is 2.06. The van der Waals surface area contributed by atoms with E-state index < -0.39 is 0 Å². The van der Waals surface area contributed by atoms with E-state index in [4.69, 9.17) is 4.74 Å². The van der Waals surface area contributed by atoms with Crippen LogP contribution in [-0.4, -0.2) is 18.1 Å². The van der Waals surface area contributed by atoms with Crippen molar-refractivity contribution in [1.82, 2.24) is 4.98 Å². The van der Waals surface area contributed by atoms with Gasteiger partial charge in [0.1, 0.15) is 5.75 Å². The van der Waals surface area contributed by atoms with Gasteiger partial charge in [-0.25, -0.2) is 4.98 Å². The third kappa shape index (κ3) is 2.59. The zero-order valence-electron chi connectivity index (χ0n) is 11.6. The first-order valence-corrected chi connectivity index (χ1v) is 8.08. The summed E-state index contributed by atoms with van der Waals surface area (Å²) in [7, 11) is 0. The van der Waals surface area contributed by atoms with E-state index in [9.17, 15) is 0 Å². The Balaban J connectivity index is 1.40. The minimum absolute atomic E-state index is 0.825. The number of nitrogens with one attached hydrogen (secondary N) is 1. The molecule has 4 heteroatoms. The van der Waals surface area contributed by atoms with Gasteiger partial charge in [-0.05, 0) is 41.8 Å². The van der Waals surface area contributed by atoms with Crippen LogP contribution in [0.5, 0.6) is 5.75 Å². The summed E-state index contributed by atoms with van der Waals surface area (Å²) in [6.45, 7) is 1.76. The van der Waals surface area contributed by atoms with Crippen LogP contribution in [0.2, 0.25) is 0 Å². The zero-order chi connectivity index (χ0) is 14.1. The molecule has 0 spiro atoms. The largest absolute Gasteiger partial charge is 0.493 e. The van der Waals surface area contributed by atoms with Crippen molar-refractivity contribution in [3.8, 4) is 5.75 Å². The Morgan fingerprint density at radius 2 is 2.19 bits per heavy atom. The lowest BCUT2D eigenvalue weighted by molar-refractivity contribution is 0.357. The van der Waals surface area contributed by atoms with Crippen LogP contribution in [0.1, 0.15) is 11.1 Å². The molecule has 0 bridgehead atoms. The summed E-state index contributed by atoms with van der Waals surface area (Å²) in [5.74, 6) is 1.06. The minimum Gasteiger partial charge on any atom is -0.493 e. The molecule has 1 aliphatic rings. The molecule has 3 nitrogen and oxygen atoms in total. The quantitative estimate of drug-likeness (QED) is 0.793. The number of hydrogen-bond acceptors (Lipinski definition) is 4. The van der Waals surface area contributed by atoms with E-state index in [1.807, 2.05) is 5.51 Å². The summed E-state index contributed by atoms with van der Waals surface area (Å²) < 4.78 is 6.77. The lowest BCUT2D eigenvalue weighted by Gasteiger charge is -2.07. The molecule has 1 aromatic heterocycles. The van der Waals surface area contributed by atoms with Gasteiger partial charge in [-0.1, -0.05) is 12.1 Å². The number of anilines is 1. The SMILES string of the molecule is c1nc2ccc(NCCc3ccc4c(c3)CCO4)cc2s1. The van der Waals surface area contributed by atoms with E-state index in [0.717, 1.165) is 42.9 Å². The lowest BCUT2D eigenvalue weighted by Crippen LogP contribution is -2.04. The molecular weight excluding hydrogens is 280 g/mol. The van der Waals surface area contributed by atoms with E-state index in [0.29, 0.717) is 0 Å². The van der Waals surface area contributed by atoms with Gasteiger partial charge in [0, 0.05) is 18.7 Å². The summed E-state index contributed by atoms with van der Waals surface area (Å²) in [4.78, 5) is 4.30. The second-order valence-corrected chi connectivity index (χ2v) is 6.14. The highest BCUT2D eigenvalue weighted by Gasteiger charge is 2.11. The van der Waals surface area contributed by atoms with Crippen LogP contribution in [0.3, 0.4) is 0 Å². The third-order valence-corrected chi connectivity index (χ3v) is 4.62. The molecule has 0 saturated heterocycles. The van der Waals surface area contributed by atoms with Crippen LogP contribution in [0.15, 0.2) is 41.9 Å². The Kier molecular flexibility index (Phi) is 3.24. The Morgan fingerprint density at radius 3 is 3.19 bits per heavy atom. The van der Waals surface area contributed by atoms with Gasteiger partial charge >= 0.3 is 0 Å². The van der Waals surface area contributed by atoms with Gasteiger partial charge in [0.25, 0.3) is 0 Å². The molecule has 0 fully saturated rings. The number of benzene rings is 2. The molecular formula is C17H16N2OS. The zero-order valence-corrected chi connectivity index (χ0v) is 12.5. The Bertz CT molecular complexity index is 781. The molecule has 0 unspecified atom stereocenters. The van der Waals surface area contributed by atoms with Crippen molar-refractivity contribution in [2.75, 3.05) is 18.5 Å². The predicted octanol–water partition coefficient (Wildman–Crippen LogP) is 3.89. The second-order valence-electron chi connectivity index (χ2n) is 5.25. The van der Waals surface area contributed by atoms with Crippen molar-refractivity contribution in [2.45, 2.75) is 12.8 Å².